The van der Waals surface area contributed by atoms with Crippen molar-refractivity contribution in [2.45, 2.75) is 291 Å². The van der Waals surface area contributed by atoms with Crippen molar-refractivity contribution >= 4 is 0 Å². The molecule has 12 aliphatic rings. The zero-order valence-corrected chi connectivity index (χ0v) is 82.1. The molecule has 24 heteroatoms. The fourth-order valence-corrected chi connectivity index (χ4v) is 18.1. The smallest absolute Gasteiger partial charge is 0.161 e. The van der Waals surface area contributed by atoms with Crippen LogP contribution >= 0.6 is 0 Å². The third-order valence-corrected chi connectivity index (χ3v) is 24.4. The maximum atomic E-state index is 11.2. The number of rotatable bonds is 21. The molecule has 6 fully saturated rings. The Morgan fingerprint density at radius 1 is 0.305 bits per heavy atom. The largest absolute Gasteiger partial charge is 0.493 e. The summed E-state index contributed by atoms with van der Waals surface area (Å²) >= 11 is 0. The first-order chi connectivity index (χ1) is 96.3. The lowest BCUT2D eigenvalue weighted by Gasteiger charge is -2.47. The van der Waals surface area contributed by atoms with Crippen molar-refractivity contribution in [1.82, 2.24) is 29.4 Å². The van der Waals surface area contributed by atoms with Crippen LogP contribution < -0.4 is 56.8 Å². The van der Waals surface area contributed by atoms with Gasteiger partial charge in [0.15, 0.2) is 69.0 Å². The number of fused-ring (bicyclic) bond motifs is 18. The van der Waals surface area contributed by atoms with E-state index < -0.39 is 390 Å². The van der Waals surface area contributed by atoms with Gasteiger partial charge in [-0.3, -0.25) is 29.4 Å². The van der Waals surface area contributed by atoms with Gasteiger partial charge in [0.1, 0.15) is 0 Å². The molecule has 12 aliphatic heterocycles. The van der Waals surface area contributed by atoms with Crippen molar-refractivity contribution in [3.05, 3.63) is 139 Å². The molecule has 18 atom stereocenters. The summed E-state index contributed by atoms with van der Waals surface area (Å²) in [6, 6.07) is -20.0. The second-order valence-corrected chi connectivity index (χ2v) is 36.9. The van der Waals surface area contributed by atoms with Crippen LogP contribution in [-0.4, -0.2) is 260 Å². The highest BCUT2D eigenvalue weighted by atomic mass is 16.5. The minimum absolute atomic E-state index is 0.00489. The van der Waals surface area contributed by atoms with E-state index in [1.807, 2.05) is 13.8 Å². The van der Waals surface area contributed by atoms with Gasteiger partial charge in [-0.1, -0.05) is 103 Å². The maximum Gasteiger partial charge on any atom is 0.161 e. The molecule has 6 aromatic carbocycles. The Kier molecular flexibility index (Phi) is 16.7. The highest BCUT2D eigenvalue weighted by molar-refractivity contribution is 5.55. The number of hydrogen-bond donors (Lipinski definition) is 6. The van der Waals surface area contributed by atoms with E-state index in [0.717, 1.165) is 40.9 Å². The third-order valence-electron chi connectivity index (χ3n) is 24.4. The Morgan fingerprint density at radius 3 is 0.716 bits per heavy atom. The van der Waals surface area contributed by atoms with Crippen molar-refractivity contribution in [1.29, 1.82) is 0 Å². The number of piperidine rings is 6. The maximum absolute atomic E-state index is 11.2. The van der Waals surface area contributed by atoms with Crippen molar-refractivity contribution < 1.29 is 189 Å². The Hall–Kier alpha value is -7.56. The zero-order valence-electron chi connectivity index (χ0n) is 156. The Labute approximate surface area is 950 Å². The SMILES string of the molecule is [2H]c1c2c(c([2H])c(OC([2H])([2H])[2H])c1OC)C1([2H])CC(O)C(C([2H])([2H])C(C)(C([2H])([2H])[2H])C([2H])([2H])[2H])C([2H])([2H])N1CC2.[2H]c1c2c(c([2H])c(OC([2H])([2H])[2H])c1OC)C1([2H])CC(O)C(C([2H])([2H])C(C)(C([2H])([2H])[2H])C([2H])([2H])[2H])C([2H])([2H])N1CC2.[2H]c1c2c(c([2H])c(OC([2H])([2H])[2H])c1OC)C1([2H])CC(O)C(CC(C)C)C([2H])([2H])N1CC2.[2H]c1c2c(c([2H])c(OC([2H])([2H])[2H])c1OC)C1([2H])N(CC2)C([2H])([2H])C([2H])(CC(C)C)C([2H])(O)C1([2H])[2H].[2H]c1c2c(c([2H])c(OC)c1OC)C1([2H])CC(O)C(C([2H])([2H])C(C)(C([2H])([2H])[2H])C([2H])([2H])[2H])C([2H])([2H])N1CC2.[2H]c1c2c(c([2H])c(OC)c1OC)C1([2H])N(CC2)C([2H])([2H])C([2H])(CC(C)C)C([2H])(O)C1([2H])[2H]. The summed E-state index contributed by atoms with van der Waals surface area (Å²) in [6.07, 6.45) is -34.2. The van der Waals surface area contributed by atoms with E-state index in [-0.39, 0.29) is 211 Å². The molecule has 0 spiro atoms. The first-order valence-electron chi connectivity index (χ1n) is 83.2. The summed E-state index contributed by atoms with van der Waals surface area (Å²) in [6.45, 7) is -26.4. The molecular formula is C117H180N6O18. The minimum atomic E-state index is -3.49. The summed E-state index contributed by atoms with van der Waals surface area (Å²) in [5.41, 5.74) is -10.6. The predicted octanol–water partition coefficient (Wildman–Crippen LogP) is 19.3. The molecule has 0 bridgehead atoms. The van der Waals surface area contributed by atoms with Crippen LogP contribution in [0.25, 0.3) is 0 Å². The zero-order chi connectivity index (χ0) is 167. The average molecular weight is 2030 g/mol. The topological polar surface area (TPSA) is 252 Å². The van der Waals surface area contributed by atoms with E-state index in [1.54, 1.807) is 27.7 Å². The van der Waals surface area contributed by atoms with Crippen LogP contribution in [0.3, 0.4) is 0 Å². The van der Waals surface area contributed by atoms with Gasteiger partial charge < -0.3 is 87.5 Å². The monoisotopic (exact) mass is 2030 g/mol. The third kappa shape index (κ3) is 26.9. The van der Waals surface area contributed by atoms with Gasteiger partial charge in [0.2, 0.25) is 0 Å². The van der Waals surface area contributed by atoms with E-state index in [4.69, 9.17) is 150 Å². The van der Waals surface area contributed by atoms with Crippen molar-refractivity contribution in [2.24, 2.45) is 69.5 Å². The van der Waals surface area contributed by atoms with E-state index in [9.17, 15) is 38.9 Å². The molecule has 0 saturated carbocycles. The molecule has 18 rings (SSSR count). The molecule has 6 N–H and O–H groups in total. The second-order valence-electron chi connectivity index (χ2n) is 36.9. The van der Waals surface area contributed by atoms with Crippen LogP contribution in [-0.2, 0) is 38.5 Å². The molecule has 0 radical (unpaired) electrons. The molecule has 0 amide bonds. The molecule has 786 valence electrons. The molecule has 18 unspecified atom stereocenters. The summed E-state index contributed by atoms with van der Waals surface area (Å²) in [5, 5.41) is 66.9. The molecule has 0 aliphatic carbocycles. The van der Waals surface area contributed by atoms with Gasteiger partial charge >= 0.3 is 0 Å². The lowest BCUT2D eigenvalue weighted by molar-refractivity contribution is -0.0259. The van der Waals surface area contributed by atoms with E-state index in [2.05, 4.69) is 0 Å². The lowest BCUT2D eigenvalue weighted by Crippen LogP contribution is -2.48. The Balaban J connectivity index is 0.000000206. The van der Waals surface area contributed by atoms with E-state index in [0.29, 0.717) is 37.7 Å². The van der Waals surface area contributed by atoms with Gasteiger partial charge in [0, 0.05) is 172 Å². The molecule has 141 heavy (non-hydrogen) atoms. The first-order valence-corrected chi connectivity index (χ1v) is 46.2. The van der Waals surface area contributed by atoms with Crippen molar-refractivity contribution in [2.75, 3.05) is 163 Å². The van der Waals surface area contributed by atoms with Crippen LogP contribution in [0.15, 0.2) is 72.5 Å². The van der Waals surface area contributed by atoms with E-state index >= 15 is 0 Å². The van der Waals surface area contributed by atoms with Crippen LogP contribution in [0.4, 0.5) is 0 Å². The summed E-state index contributed by atoms with van der Waals surface area (Å²) < 4.78 is 679. The average Bonchev–Trinajstić information content (AvgIpc) is 0.651. The Bertz CT molecular complexity index is 8520. The number of benzene rings is 6. The standard InChI is InChI=1S/3C20H31NO3.3C19H29NO3/c3*1-20(2,3)11-14-12-21-7-6-13-8-18(23-4)19(24-5)9-15(13)16(21)10-17(14)22;3*1-12(2)7-14-11-20-6-5-13-8-18(22-3)19(23-4)9-15(13)16(20)10-17(14)21/h3*8-9,14,16-17,22H,6-7,10-12H2,1-5H3;3*8-9,12,14,16-17,21H,5-7,10-11H2,1-4H3/i2*1D3,2D3,5D3,8D,9D,11D2,12D2,16D;1D3,2D3,8D,9D,11D2,12D2,16D;4D3,8D,9D,10D2,11D2,14D,16D,17D;8D,9D,10D2,11D2,14D,16D,17D;4D3,8D,9D,11D2,16D. The fraction of sp³-hybridized carbons (Fsp3) is 0.692. The molecule has 0 aromatic heterocycles. The normalized spacial score (nSPS) is 44.4. The highest BCUT2D eigenvalue weighted by Crippen LogP contribution is 2.53. The van der Waals surface area contributed by atoms with Crippen LogP contribution in [0.1, 0.15) is 385 Å². The lowest BCUT2D eigenvalue weighted by atomic mass is 9.75. The van der Waals surface area contributed by atoms with Gasteiger partial charge in [-0.05, 0) is 324 Å². The highest BCUT2D eigenvalue weighted by Gasteiger charge is 2.47. The van der Waals surface area contributed by atoms with Crippen LogP contribution in [0.2, 0.25) is 0 Å². The number of nitrogens with zero attached hydrogens (tertiary/aromatic N) is 6. The number of hydrogen-bond acceptors (Lipinski definition) is 24. The quantitative estimate of drug-likeness (QED) is 0.0392. The molecule has 12 heterocycles. The first kappa shape index (κ1) is 48.6. The Morgan fingerprint density at radius 2 is 0.504 bits per heavy atom. The second kappa shape index (κ2) is 48.4. The predicted molar refractivity (Wildman–Crippen MR) is 561 cm³/mol. The summed E-state index contributed by atoms with van der Waals surface area (Å²) in [4.78, 5) is 5.36. The van der Waals surface area contributed by atoms with Gasteiger partial charge in [-0.15, -0.1) is 0 Å². The van der Waals surface area contributed by atoms with Gasteiger partial charge in [0.05, 0.1) is 165 Å². The van der Waals surface area contributed by atoms with Crippen LogP contribution in [0, 0.1) is 69.5 Å². The molecule has 6 saturated heterocycles. The van der Waals surface area contributed by atoms with Gasteiger partial charge in [-0.25, -0.2) is 0 Å². The fourth-order valence-electron chi connectivity index (χ4n) is 18.1. The van der Waals surface area contributed by atoms with Crippen molar-refractivity contribution in [3.63, 3.8) is 0 Å². The molecule has 24 nitrogen and oxygen atoms in total. The summed E-state index contributed by atoms with van der Waals surface area (Å²) in [7, 11) is -2.53. The summed E-state index contributed by atoms with van der Waals surface area (Å²) in [5.74, 6) is -18.0. The molecule has 6 aromatic rings. The number of aliphatic hydroxyl groups is 6. The number of methoxy groups -OCH3 is 12. The van der Waals surface area contributed by atoms with Gasteiger partial charge in [0.25, 0.3) is 0 Å². The van der Waals surface area contributed by atoms with E-state index in [1.165, 1.54) is 40.4 Å². The van der Waals surface area contributed by atoms with Gasteiger partial charge in [-0.2, -0.15) is 0 Å². The van der Waals surface area contributed by atoms with Crippen LogP contribution in [0.5, 0.6) is 69.0 Å². The minimum Gasteiger partial charge on any atom is -0.493 e. The van der Waals surface area contributed by atoms with Crippen molar-refractivity contribution in [3.8, 4) is 69.0 Å². The number of aliphatic hydroxyl groups excluding tert-OH is 4. The number of ether oxygens (including phenoxy) is 12. The molecular weight excluding hydrogens is 1780 g/mol.